The van der Waals surface area contributed by atoms with E-state index in [9.17, 15) is 48.3 Å². The van der Waals surface area contributed by atoms with Crippen LogP contribution in [0.4, 0.5) is 48.3 Å². The maximum atomic E-state index is 13.5. The van der Waals surface area contributed by atoms with Crippen molar-refractivity contribution in [3.63, 3.8) is 0 Å². The molecule has 0 fully saturated rings. The molecule has 0 aromatic carbocycles. The molecule has 13 heteroatoms. The summed E-state index contributed by atoms with van der Waals surface area (Å²) in [6.07, 6.45) is -16.7. The van der Waals surface area contributed by atoms with Crippen molar-refractivity contribution in [2.75, 3.05) is 0 Å². The topological polar surface area (TPSA) is 47.6 Å². The zero-order chi connectivity index (χ0) is 20.3. The van der Waals surface area contributed by atoms with E-state index < -0.39 is 61.5 Å². The van der Waals surface area contributed by atoms with E-state index in [-0.39, 0.29) is 0 Å². The first-order valence-electron chi connectivity index (χ1n) is 6.29. The number of alkyl halides is 11. The lowest BCUT2D eigenvalue weighted by Crippen LogP contribution is -2.58. The van der Waals surface area contributed by atoms with Gasteiger partial charge in [-0.2, -0.15) is 50.0 Å². The van der Waals surface area contributed by atoms with Gasteiger partial charge in [0.25, 0.3) is 0 Å². The van der Waals surface area contributed by atoms with E-state index in [0.717, 1.165) is 12.1 Å². The summed E-state index contributed by atoms with van der Waals surface area (Å²) in [6.45, 7) is 0. The largest absolute Gasteiger partial charge is 0.389 e. The Bertz CT molecular complexity index is 525. The second kappa shape index (κ2) is 7.22. The molecule has 0 heterocycles. The standard InChI is InChI=1S/C12H9F11N2/c13-7(14)11(20,21)12(22,23)9(15,16)4-8(5-24,6-25)2-1-3-10(17,18)19/h7H,1-4H2. The molecule has 0 radical (unpaired) electrons. The SMILES string of the molecule is N#CC(C#N)(CCCC(F)(F)F)CC(F)(F)C(F)(F)C(F)(F)C(F)F. The molecule has 0 aliphatic heterocycles. The third-order valence-electron chi connectivity index (χ3n) is 3.17. The molecule has 0 saturated carbocycles. The summed E-state index contributed by atoms with van der Waals surface area (Å²) >= 11 is 0. The fourth-order valence-electron chi connectivity index (χ4n) is 1.77. The zero-order valence-corrected chi connectivity index (χ0v) is 12.0. The Morgan fingerprint density at radius 1 is 0.760 bits per heavy atom. The first-order chi connectivity index (χ1) is 11.0. The quantitative estimate of drug-likeness (QED) is 0.527. The Balaban J connectivity index is 5.57. The molecule has 0 aliphatic carbocycles. The lowest BCUT2D eigenvalue weighted by molar-refractivity contribution is -0.342. The predicted octanol–water partition coefficient (Wildman–Crippen LogP) is 5.31. The van der Waals surface area contributed by atoms with Crippen LogP contribution in [0.15, 0.2) is 0 Å². The number of hydrogen-bond donors (Lipinski definition) is 0. The number of halogens is 11. The van der Waals surface area contributed by atoms with Crippen molar-refractivity contribution >= 4 is 0 Å². The lowest BCUT2D eigenvalue weighted by Gasteiger charge is -2.34. The maximum absolute atomic E-state index is 13.5. The molecule has 0 saturated heterocycles. The third-order valence-corrected chi connectivity index (χ3v) is 3.17. The van der Waals surface area contributed by atoms with Crippen LogP contribution < -0.4 is 0 Å². The van der Waals surface area contributed by atoms with Crippen LogP contribution in [0.5, 0.6) is 0 Å². The highest BCUT2D eigenvalue weighted by molar-refractivity contribution is 5.17. The molecule has 0 rings (SSSR count). The minimum atomic E-state index is -6.64. The van der Waals surface area contributed by atoms with Crippen LogP contribution >= 0.6 is 0 Å². The summed E-state index contributed by atoms with van der Waals surface area (Å²) in [5, 5.41) is 17.4. The number of nitrogens with zero attached hydrogens (tertiary/aromatic N) is 2. The van der Waals surface area contributed by atoms with Crippen LogP contribution in [0, 0.1) is 28.1 Å². The van der Waals surface area contributed by atoms with E-state index in [4.69, 9.17) is 10.5 Å². The monoisotopic (exact) mass is 390 g/mol. The van der Waals surface area contributed by atoms with Gasteiger partial charge in [0, 0.05) is 12.8 Å². The molecule has 0 amide bonds. The van der Waals surface area contributed by atoms with Crippen molar-refractivity contribution in [3.05, 3.63) is 0 Å². The Labute approximate surface area is 133 Å². The molecule has 2 nitrogen and oxygen atoms in total. The Morgan fingerprint density at radius 2 is 1.20 bits per heavy atom. The molecule has 0 atom stereocenters. The maximum Gasteiger partial charge on any atom is 0.389 e. The Morgan fingerprint density at radius 3 is 1.52 bits per heavy atom. The minimum absolute atomic E-state index is 0.786. The van der Waals surface area contributed by atoms with Gasteiger partial charge in [0.1, 0.15) is 5.41 Å². The summed E-state index contributed by atoms with van der Waals surface area (Å²) in [5.41, 5.74) is -3.20. The van der Waals surface area contributed by atoms with E-state index >= 15 is 0 Å². The fraction of sp³-hybridized carbons (Fsp3) is 0.833. The molecule has 0 bridgehead atoms. The molecule has 0 aromatic rings. The molecule has 0 N–H and O–H groups in total. The molecule has 0 spiro atoms. The van der Waals surface area contributed by atoms with Gasteiger partial charge < -0.3 is 0 Å². The average Bonchev–Trinajstić information content (AvgIpc) is 2.44. The Kier molecular flexibility index (Phi) is 6.70. The van der Waals surface area contributed by atoms with Crippen molar-refractivity contribution in [2.24, 2.45) is 5.41 Å². The van der Waals surface area contributed by atoms with Gasteiger partial charge in [-0.25, -0.2) is 8.78 Å². The molecule has 0 unspecified atom stereocenters. The summed E-state index contributed by atoms with van der Waals surface area (Å²) < 4.78 is 139. The summed E-state index contributed by atoms with van der Waals surface area (Å²) in [6, 6.07) is 1.57. The first-order valence-corrected chi connectivity index (χ1v) is 6.29. The zero-order valence-electron chi connectivity index (χ0n) is 12.0. The smallest absolute Gasteiger partial charge is 0.203 e. The van der Waals surface area contributed by atoms with E-state index in [1.54, 1.807) is 0 Å². The summed E-state index contributed by atoms with van der Waals surface area (Å²) in [4.78, 5) is 0. The van der Waals surface area contributed by atoms with E-state index in [0.29, 0.717) is 0 Å². The second-order valence-corrected chi connectivity index (χ2v) is 5.15. The normalized spacial score (nSPS) is 14.3. The van der Waals surface area contributed by atoms with Gasteiger partial charge in [0.05, 0.1) is 12.1 Å². The highest BCUT2D eigenvalue weighted by Gasteiger charge is 2.76. The van der Waals surface area contributed by atoms with Gasteiger partial charge in [-0.15, -0.1) is 0 Å². The van der Waals surface area contributed by atoms with Crippen molar-refractivity contribution in [1.29, 1.82) is 10.5 Å². The third kappa shape index (κ3) is 5.09. The van der Waals surface area contributed by atoms with Crippen LogP contribution in [0.25, 0.3) is 0 Å². The highest BCUT2D eigenvalue weighted by atomic mass is 19.4. The van der Waals surface area contributed by atoms with E-state index in [1.165, 1.54) is 0 Å². The van der Waals surface area contributed by atoms with Crippen LogP contribution in [0.3, 0.4) is 0 Å². The van der Waals surface area contributed by atoms with Gasteiger partial charge in [0.2, 0.25) is 0 Å². The lowest BCUT2D eigenvalue weighted by atomic mass is 9.78. The van der Waals surface area contributed by atoms with Gasteiger partial charge in [0.15, 0.2) is 0 Å². The van der Waals surface area contributed by atoms with Crippen LogP contribution in [0.2, 0.25) is 0 Å². The Hall–Kier alpha value is -1.79. The van der Waals surface area contributed by atoms with Crippen LogP contribution in [-0.4, -0.2) is 30.4 Å². The molecule has 25 heavy (non-hydrogen) atoms. The highest BCUT2D eigenvalue weighted by Crippen LogP contribution is 2.53. The average molecular weight is 390 g/mol. The van der Waals surface area contributed by atoms with Gasteiger partial charge >= 0.3 is 30.4 Å². The molecule has 144 valence electrons. The summed E-state index contributed by atoms with van der Waals surface area (Å²) in [5.74, 6) is -19.1. The number of rotatable bonds is 8. The van der Waals surface area contributed by atoms with Gasteiger partial charge in [-0.1, -0.05) is 0 Å². The minimum Gasteiger partial charge on any atom is -0.203 e. The van der Waals surface area contributed by atoms with Gasteiger partial charge in [-0.3, -0.25) is 0 Å². The van der Waals surface area contributed by atoms with Crippen molar-refractivity contribution in [1.82, 2.24) is 0 Å². The number of hydrogen-bond acceptors (Lipinski definition) is 2. The molecule has 0 aromatic heterocycles. The van der Waals surface area contributed by atoms with Crippen LogP contribution in [0.1, 0.15) is 25.7 Å². The molecular weight excluding hydrogens is 381 g/mol. The van der Waals surface area contributed by atoms with E-state index in [1.807, 2.05) is 0 Å². The van der Waals surface area contributed by atoms with Crippen molar-refractivity contribution in [2.45, 2.75) is 56.1 Å². The van der Waals surface area contributed by atoms with Crippen molar-refractivity contribution < 1.29 is 48.3 Å². The van der Waals surface area contributed by atoms with Crippen molar-refractivity contribution in [3.8, 4) is 12.1 Å². The number of nitriles is 2. The second-order valence-electron chi connectivity index (χ2n) is 5.15. The van der Waals surface area contributed by atoms with Crippen LogP contribution in [-0.2, 0) is 0 Å². The van der Waals surface area contributed by atoms with Gasteiger partial charge in [-0.05, 0) is 12.8 Å². The molecule has 0 aliphatic rings. The first kappa shape index (κ1) is 23.2. The summed E-state index contributed by atoms with van der Waals surface area (Å²) in [7, 11) is 0. The van der Waals surface area contributed by atoms with E-state index in [2.05, 4.69) is 0 Å². The molecular formula is C12H9F11N2. The fourth-order valence-corrected chi connectivity index (χ4v) is 1.77. The predicted molar refractivity (Wildman–Crippen MR) is 59.0 cm³/mol.